The molecule has 0 aromatic heterocycles. The fraction of sp³-hybridized carbons (Fsp3) is 0.429. The summed E-state index contributed by atoms with van der Waals surface area (Å²) in [5.41, 5.74) is 2.33. The summed E-state index contributed by atoms with van der Waals surface area (Å²) >= 11 is 0. The van der Waals surface area contributed by atoms with Crippen LogP contribution in [-0.2, 0) is 0 Å². The highest BCUT2D eigenvalue weighted by atomic mass is 16.5. The molecule has 2 heteroatoms. The van der Waals surface area contributed by atoms with Gasteiger partial charge in [-0.25, -0.2) is 0 Å². The Labute approximate surface area is 96.6 Å². The van der Waals surface area contributed by atoms with Crippen LogP contribution in [0, 0.1) is 0 Å². The number of ether oxygens (including phenoxy) is 1. The zero-order valence-corrected chi connectivity index (χ0v) is 9.65. The van der Waals surface area contributed by atoms with Gasteiger partial charge in [-0.2, -0.15) is 0 Å². The van der Waals surface area contributed by atoms with Crippen LogP contribution >= 0.6 is 0 Å². The highest BCUT2D eigenvalue weighted by Crippen LogP contribution is 2.31. The number of allylic oxidation sites excluding steroid dienone is 1. The third kappa shape index (κ3) is 2.45. The number of rotatable bonds is 2. The van der Waals surface area contributed by atoms with Crippen molar-refractivity contribution in [3.63, 3.8) is 0 Å². The first-order chi connectivity index (χ1) is 7.81. The van der Waals surface area contributed by atoms with E-state index < -0.39 is 0 Å². The highest BCUT2D eigenvalue weighted by molar-refractivity contribution is 5.71. The van der Waals surface area contributed by atoms with Crippen molar-refractivity contribution in [2.45, 2.75) is 31.8 Å². The smallest absolute Gasteiger partial charge is 0.126 e. The van der Waals surface area contributed by atoms with E-state index in [2.05, 4.69) is 6.07 Å². The largest absolute Gasteiger partial charge is 0.496 e. The van der Waals surface area contributed by atoms with Gasteiger partial charge in [0.05, 0.1) is 13.2 Å². The number of para-hydroxylation sites is 1. The fourth-order valence-electron chi connectivity index (χ4n) is 2.20. The van der Waals surface area contributed by atoms with Crippen LogP contribution in [0.25, 0.3) is 5.57 Å². The van der Waals surface area contributed by atoms with Gasteiger partial charge in [0.25, 0.3) is 0 Å². The fourth-order valence-corrected chi connectivity index (χ4v) is 2.20. The van der Waals surface area contributed by atoms with Crippen LogP contribution in [0.1, 0.15) is 31.2 Å². The molecule has 0 radical (unpaired) electrons. The maximum absolute atomic E-state index is 9.77. The first kappa shape index (κ1) is 11.2. The summed E-state index contributed by atoms with van der Waals surface area (Å²) in [4.78, 5) is 0. The van der Waals surface area contributed by atoms with Gasteiger partial charge in [-0.1, -0.05) is 30.7 Å². The minimum atomic E-state index is -0.303. The maximum Gasteiger partial charge on any atom is 0.126 e. The van der Waals surface area contributed by atoms with Crippen LogP contribution in [0.3, 0.4) is 0 Å². The predicted molar refractivity (Wildman–Crippen MR) is 65.4 cm³/mol. The van der Waals surface area contributed by atoms with Gasteiger partial charge in [-0.15, -0.1) is 0 Å². The van der Waals surface area contributed by atoms with E-state index in [0.717, 1.165) is 37.0 Å². The summed E-state index contributed by atoms with van der Waals surface area (Å²) in [6.45, 7) is 0. The summed E-state index contributed by atoms with van der Waals surface area (Å²) in [7, 11) is 1.69. The summed E-state index contributed by atoms with van der Waals surface area (Å²) in [5, 5.41) is 9.77. The lowest BCUT2D eigenvalue weighted by Crippen LogP contribution is -2.00. The van der Waals surface area contributed by atoms with Crippen molar-refractivity contribution in [3.8, 4) is 5.75 Å². The second-order valence-corrected chi connectivity index (χ2v) is 4.21. The third-order valence-electron chi connectivity index (χ3n) is 3.04. The minimum Gasteiger partial charge on any atom is -0.496 e. The van der Waals surface area contributed by atoms with Gasteiger partial charge in [0.1, 0.15) is 5.75 Å². The van der Waals surface area contributed by atoms with E-state index in [9.17, 15) is 5.11 Å². The molecule has 0 fully saturated rings. The molecule has 1 aromatic carbocycles. The molecular weight excluding hydrogens is 200 g/mol. The van der Waals surface area contributed by atoms with Crippen LogP contribution in [-0.4, -0.2) is 18.3 Å². The normalized spacial score (nSPS) is 21.1. The number of hydrogen-bond donors (Lipinski definition) is 1. The molecule has 1 N–H and O–H groups in total. The molecule has 86 valence electrons. The zero-order valence-electron chi connectivity index (χ0n) is 9.65. The van der Waals surface area contributed by atoms with Crippen molar-refractivity contribution in [1.82, 2.24) is 0 Å². The summed E-state index contributed by atoms with van der Waals surface area (Å²) in [5.74, 6) is 0.892. The number of hydrogen-bond acceptors (Lipinski definition) is 2. The van der Waals surface area contributed by atoms with E-state index in [-0.39, 0.29) is 6.10 Å². The molecule has 1 aliphatic carbocycles. The molecule has 1 unspecified atom stereocenters. The van der Waals surface area contributed by atoms with E-state index in [1.54, 1.807) is 7.11 Å². The Kier molecular flexibility index (Phi) is 3.62. The molecule has 0 spiro atoms. The first-order valence-electron chi connectivity index (χ1n) is 5.83. The zero-order chi connectivity index (χ0) is 11.4. The first-order valence-corrected chi connectivity index (χ1v) is 5.83. The second kappa shape index (κ2) is 5.17. The van der Waals surface area contributed by atoms with E-state index in [1.807, 2.05) is 24.3 Å². The van der Waals surface area contributed by atoms with E-state index >= 15 is 0 Å². The lowest BCUT2D eigenvalue weighted by molar-refractivity contribution is 0.211. The van der Waals surface area contributed by atoms with E-state index in [0.29, 0.717) is 0 Å². The van der Waals surface area contributed by atoms with Crippen LogP contribution in [0.5, 0.6) is 5.75 Å². The Bertz CT molecular complexity index is 382. The average molecular weight is 218 g/mol. The van der Waals surface area contributed by atoms with Crippen molar-refractivity contribution >= 4 is 5.57 Å². The van der Waals surface area contributed by atoms with Crippen molar-refractivity contribution in [2.24, 2.45) is 0 Å². The average Bonchev–Trinajstić information content (AvgIpc) is 2.54. The molecular formula is C14H18O2. The Hall–Kier alpha value is -1.28. The highest BCUT2D eigenvalue weighted by Gasteiger charge is 2.13. The molecule has 2 nitrogen and oxygen atoms in total. The maximum atomic E-state index is 9.77. The summed E-state index contributed by atoms with van der Waals surface area (Å²) in [6, 6.07) is 8.00. The second-order valence-electron chi connectivity index (χ2n) is 4.21. The number of methoxy groups -OCH3 is 1. The number of aliphatic hydroxyl groups is 1. The molecule has 0 saturated heterocycles. The van der Waals surface area contributed by atoms with Crippen LogP contribution in [0.15, 0.2) is 30.3 Å². The van der Waals surface area contributed by atoms with E-state index in [4.69, 9.17) is 4.74 Å². The molecule has 1 aliphatic rings. The standard InChI is InChI=1S/C14H18O2/c1-16-14-9-5-4-8-13(14)11-6-2-3-7-12(15)10-11/h4-5,8-10,12,15H,2-3,6-7H2,1H3. The van der Waals surface area contributed by atoms with Crippen molar-refractivity contribution in [3.05, 3.63) is 35.9 Å². The quantitative estimate of drug-likeness (QED) is 0.826. The molecule has 0 heterocycles. The molecule has 0 bridgehead atoms. The summed E-state index contributed by atoms with van der Waals surface area (Å²) < 4.78 is 5.35. The Morgan fingerprint density at radius 1 is 1.25 bits per heavy atom. The molecule has 1 aromatic rings. The van der Waals surface area contributed by atoms with Gasteiger partial charge < -0.3 is 9.84 Å². The Balaban J connectivity index is 2.34. The van der Waals surface area contributed by atoms with Gasteiger partial charge in [0.15, 0.2) is 0 Å². The number of aliphatic hydroxyl groups excluding tert-OH is 1. The van der Waals surface area contributed by atoms with E-state index in [1.165, 1.54) is 5.57 Å². The van der Waals surface area contributed by atoms with Gasteiger partial charge in [0, 0.05) is 5.56 Å². The predicted octanol–water partition coefficient (Wildman–Crippen LogP) is 3.01. The van der Waals surface area contributed by atoms with Gasteiger partial charge in [-0.05, 0) is 30.9 Å². The SMILES string of the molecule is COc1ccccc1C1=CC(O)CCCC1. The third-order valence-corrected chi connectivity index (χ3v) is 3.04. The molecule has 1 atom stereocenters. The Morgan fingerprint density at radius 3 is 2.88 bits per heavy atom. The molecule has 0 aliphatic heterocycles. The summed E-state index contributed by atoms with van der Waals surface area (Å²) in [6.07, 6.45) is 5.81. The van der Waals surface area contributed by atoms with Crippen LogP contribution in [0.4, 0.5) is 0 Å². The minimum absolute atomic E-state index is 0.303. The molecule has 0 saturated carbocycles. The van der Waals surface area contributed by atoms with Gasteiger partial charge in [0.2, 0.25) is 0 Å². The Morgan fingerprint density at radius 2 is 2.06 bits per heavy atom. The van der Waals surface area contributed by atoms with Gasteiger partial charge in [-0.3, -0.25) is 0 Å². The van der Waals surface area contributed by atoms with Crippen LogP contribution in [0.2, 0.25) is 0 Å². The molecule has 16 heavy (non-hydrogen) atoms. The lowest BCUT2D eigenvalue weighted by atomic mass is 10.0. The van der Waals surface area contributed by atoms with Crippen LogP contribution < -0.4 is 4.74 Å². The topological polar surface area (TPSA) is 29.5 Å². The van der Waals surface area contributed by atoms with Crippen molar-refractivity contribution in [2.75, 3.05) is 7.11 Å². The van der Waals surface area contributed by atoms with Crippen molar-refractivity contribution < 1.29 is 9.84 Å². The molecule has 2 rings (SSSR count). The lowest BCUT2D eigenvalue weighted by Gasteiger charge is -2.11. The van der Waals surface area contributed by atoms with Gasteiger partial charge >= 0.3 is 0 Å². The monoisotopic (exact) mass is 218 g/mol. The van der Waals surface area contributed by atoms with Crippen molar-refractivity contribution in [1.29, 1.82) is 0 Å². The number of benzene rings is 1. The molecule has 0 amide bonds.